The Bertz CT molecular complexity index is 960. The topological polar surface area (TPSA) is 73.8 Å². The third-order valence-electron chi connectivity index (χ3n) is 5.48. The van der Waals surface area contributed by atoms with E-state index in [4.69, 9.17) is 4.99 Å². The van der Waals surface area contributed by atoms with Crippen molar-refractivity contribution in [2.24, 2.45) is 10.9 Å². The maximum Gasteiger partial charge on any atom is 0.229 e. The standard InChI is InChI=1S/C23H32N4O2S/c1-4-24-23(25-16-20-12-8-9-13-22(20)26-30(3,28)29)27-15-14-21(18(2)17-27)19-10-6-5-7-11-19/h5-13,18,21,26H,4,14-17H2,1-3H3,(H,24,25). The lowest BCUT2D eigenvalue weighted by atomic mass is 9.82. The molecule has 0 amide bonds. The third kappa shape index (κ3) is 5.98. The Morgan fingerprint density at radius 3 is 2.50 bits per heavy atom. The molecule has 2 aromatic rings. The van der Waals surface area contributed by atoms with Gasteiger partial charge in [0.25, 0.3) is 0 Å². The fraction of sp³-hybridized carbons (Fsp3) is 0.435. The van der Waals surface area contributed by atoms with Crippen LogP contribution in [0.1, 0.15) is 37.3 Å². The molecule has 0 spiro atoms. The first kappa shape index (κ1) is 22.2. The van der Waals surface area contributed by atoms with Crippen molar-refractivity contribution in [2.45, 2.75) is 32.7 Å². The van der Waals surface area contributed by atoms with Gasteiger partial charge >= 0.3 is 0 Å². The molecule has 2 aromatic carbocycles. The zero-order valence-electron chi connectivity index (χ0n) is 18.0. The molecule has 30 heavy (non-hydrogen) atoms. The molecule has 0 saturated carbocycles. The van der Waals surface area contributed by atoms with E-state index in [1.54, 1.807) is 6.07 Å². The van der Waals surface area contributed by atoms with E-state index in [-0.39, 0.29) is 0 Å². The van der Waals surface area contributed by atoms with Gasteiger partial charge in [-0.3, -0.25) is 4.72 Å². The van der Waals surface area contributed by atoms with E-state index < -0.39 is 10.0 Å². The van der Waals surface area contributed by atoms with Crippen LogP contribution in [0.25, 0.3) is 0 Å². The van der Waals surface area contributed by atoms with E-state index in [1.807, 2.05) is 18.2 Å². The number of guanidine groups is 1. The monoisotopic (exact) mass is 428 g/mol. The SMILES string of the molecule is CCNC(=NCc1ccccc1NS(C)(=O)=O)N1CCC(c2ccccc2)C(C)C1. The van der Waals surface area contributed by atoms with Gasteiger partial charge in [0, 0.05) is 19.6 Å². The summed E-state index contributed by atoms with van der Waals surface area (Å²) in [6, 6.07) is 18.1. The lowest BCUT2D eigenvalue weighted by molar-refractivity contribution is 0.234. The summed E-state index contributed by atoms with van der Waals surface area (Å²) in [6.07, 6.45) is 2.25. The average molecular weight is 429 g/mol. The predicted molar refractivity (Wildman–Crippen MR) is 124 cm³/mol. The molecule has 0 aliphatic carbocycles. The molecule has 7 heteroatoms. The van der Waals surface area contributed by atoms with E-state index in [0.717, 1.165) is 43.8 Å². The summed E-state index contributed by atoms with van der Waals surface area (Å²) in [7, 11) is -3.33. The molecule has 0 bridgehead atoms. The van der Waals surface area contributed by atoms with Crippen LogP contribution < -0.4 is 10.0 Å². The largest absolute Gasteiger partial charge is 0.357 e. The number of piperidine rings is 1. The number of aliphatic imine (C=N–C) groups is 1. The number of hydrogen-bond acceptors (Lipinski definition) is 3. The van der Waals surface area contributed by atoms with Crippen LogP contribution in [-0.4, -0.2) is 45.2 Å². The Kier molecular flexibility index (Phi) is 7.37. The number of rotatable bonds is 6. The number of sulfonamides is 1. The van der Waals surface area contributed by atoms with Crippen LogP contribution in [0.5, 0.6) is 0 Å². The molecule has 2 atom stereocenters. The first-order valence-electron chi connectivity index (χ1n) is 10.5. The van der Waals surface area contributed by atoms with E-state index >= 15 is 0 Å². The summed E-state index contributed by atoms with van der Waals surface area (Å²) in [5.74, 6) is 1.96. The number of likely N-dealkylation sites (tertiary alicyclic amines) is 1. The van der Waals surface area contributed by atoms with Crippen molar-refractivity contribution in [3.8, 4) is 0 Å². The summed E-state index contributed by atoms with van der Waals surface area (Å²) in [5, 5.41) is 3.40. The second-order valence-electron chi connectivity index (χ2n) is 7.93. The van der Waals surface area contributed by atoms with Gasteiger partial charge in [-0.15, -0.1) is 0 Å². The first-order valence-corrected chi connectivity index (χ1v) is 12.4. The molecule has 0 radical (unpaired) electrons. The van der Waals surface area contributed by atoms with Crippen molar-refractivity contribution in [2.75, 3.05) is 30.6 Å². The quantitative estimate of drug-likeness (QED) is 0.544. The lowest BCUT2D eigenvalue weighted by Gasteiger charge is -2.39. The van der Waals surface area contributed by atoms with E-state index in [9.17, 15) is 8.42 Å². The van der Waals surface area contributed by atoms with Crippen LogP contribution in [0.4, 0.5) is 5.69 Å². The fourth-order valence-electron chi connectivity index (χ4n) is 4.08. The zero-order valence-corrected chi connectivity index (χ0v) is 18.8. The molecule has 3 rings (SSSR count). The number of nitrogens with one attached hydrogen (secondary N) is 2. The Hall–Kier alpha value is -2.54. The van der Waals surface area contributed by atoms with Crippen LogP contribution in [0, 0.1) is 5.92 Å². The van der Waals surface area contributed by atoms with Gasteiger partial charge in [0.15, 0.2) is 5.96 Å². The van der Waals surface area contributed by atoms with Gasteiger partial charge in [0.1, 0.15) is 0 Å². The first-order chi connectivity index (χ1) is 14.4. The molecular formula is C23H32N4O2S. The van der Waals surface area contributed by atoms with Crippen molar-refractivity contribution in [1.82, 2.24) is 10.2 Å². The van der Waals surface area contributed by atoms with Crippen molar-refractivity contribution in [1.29, 1.82) is 0 Å². The zero-order chi connectivity index (χ0) is 21.6. The number of anilines is 1. The van der Waals surface area contributed by atoms with E-state index in [2.05, 4.69) is 59.1 Å². The molecule has 2 N–H and O–H groups in total. The van der Waals surface area contributed by atoms with Crippen LogP contribution in [-0.2, 0) is 16.6 Å². The number of nitrogens with zero attached hydrogens (tertiary/aromatic N) is 2. The normalized spacial score (nSPS) is 20.1. The Balaban J connectivity index is 1.73. The second kappa shape index (κ2) is 9.98. The van der Waals surface area contributed by atoms with Crippen molar-refractivity contribution in [3.63, 3.8) is 0 Å². The molecule has 1 aliphatic heterocycles. The predicted octanol–water partition coefficient (Wildman–Crippen LogP) is 3.65. The van der Waals surface area contributed by atoms with Crippen LogP contribution in [0.2, 0.25) is 0 Å². The second-order valence-corrected chi connectivity index (χ2v) is 9.68. The summed E-state index contributed by atoms with van der Waals surface area (Å²) < 4.78 is 25.9. The summed E-state index contributed by atoms with van der Waals surface area (Å²) in [6.45, 7) is 7.45. The van der Waals surface area contributed by atoms with Gasteiger partial charge in [-0.05, 0) is 42.4 Å². The highest BCUT2D eigenvalue weighted by molar-refractivity contribution is 7.92. The van der Waals surface area contributed by atoms with Crippen molar-refractivity contribution < 1.29 is 8.42 Å². The van der Waals surface area contributed by atoms with Gasteiger partial charge in [-0.2, -0.15) is 0 Å². The Morgan fingerprint density at radius 1 is 1.13 bits per heavy atom. The van der Waals surface area contributed by atoms with Gasteiger partial charge in [0.05, 0.1) is 18.5 Å². The summed E-state index contributed by atoms with van der Waals surface area (Å²) in [5.41, 5.74) is 2.84. The lowest BCUT2D eigenvalue weighted by Crippen LogP contribution is -2.48. The maximum absolute atomic E-state index is 11.7. The molecule has 0 aromatic heterocycles. The van der Waals surface area contributed by atoms with E-state index in [1.165, 1.54) is 5.56 Å². The van der Waals surface area contributed by atoms with Crippen molar-refractivity contribution in [3.05, 3.63) is 65.7 Å². The molecule has 2 unspecified atom stereocenters. The number of para-hydroxylation sites is 1. The highest BCUT2D eigenvalue weighted by Gasteiger charge is 2.28. The van der Waals surface area contributed by atoms with Gasteiger partial charge in [-0.1, -0.05) is 55.5 Å². The minimum absolute atomic E-state index is 0.411. The molecule has 162 valence electrons. The Morgan fingerprint density at radius 2 is 1.83 bits per heavy atom. The maximum atomic E-state index is 11.7. The summed E-state index contributed by atoms with van der Waals surface area (Å²) >= 11 is 0. The van der Waals surface area contributed by atoms with E-state index in [0.29, 0.717) is 24.1 Å². The van der Waals surface area contributed by atoms with Crippen LogP contribution >= 0.6 is 0 Å². The molecule has 1 fully saturated rings. The molecule has 1 heterocycles. The average Bonchev–Trinajstić information content (AvgIpc) is 2.71. The number of benzene rings is 2. The highest BCUT2D eigenvalue weighted by atomic mass is 32.2. The molecule has 1 aliphatic rings. The third-order valence-corrected chi connectivity index (χ3v) is 6.07. The smallest absolute Gasteiger partial charge is 0.229 e. The van der Waals surface area contributed by atoms with Gasteiger partial charge < -0.3 is 10.2 Å². The number of hydrogen-bond donors (Lipinski definition) is 2. The van der Waals surface area contributed by atoms with Crippen molar-refractivity contribution >= 4 is 21.7 Å². The highest BCUT2D eigenvalue weighted by Crippen LogP contribution is 2.32. The van der Waals surface area contributed by atoms with Crippen LogP contribution in [0.15, 0.2) is 59.6 Å². The van der Waals surface area contributed by atoms with Gasteiger partial charge in [0.2, 0.25) is 10.0 Å². The summed E-state index contributed by atoms with van der Waals surface area (Å²) in [4.78, 5) is 7.15. The van der Waals surface area contributed by atoms with Gasteiger partial charge in [-0.25, -0.2) is 13.4 Å². The molecular weight excluding hydrogens is 396 g/mol. The minimum Gasteiger partial charge on any atom is -0.357 e. The minimum atomic E-state index is -3.33. The van der Waals surface area contributed by atoms with Crippen LogP contribution in [0.3, 0.4) is 0 Å². The Labute approximate surface area is 180 Å². The molecule has 6 nitrogen and oxygen atoms in total. The molecule has 1 saturated heterocycles. The fourth-order valence-corrected chi connectivity index (χ4v) is 4.68.